The number of carbonyl (C=O) groups is 1. The minimum absolute atomic E-state index is 0.153. The molecule has 106 valence electrons. The first-order chi connectivity index (χ1) is 8.98. The van der Waals surface area contributed by atoms with Crippen molar-refractivity contribution in [1.82, 2.24) is 5.32 Å². The second-order valence-corrected chi connectivity index (χ2v) is 4.19. The van der Waals surface area contributed by atoms with Gasteiger partial charge in [-0.15, -0.1) is 0 Å². The smallest absolute Gasteiger partial charge is 0.225 e. The van der Waals surface area contributed by atoms with Gasteiger partial charge in [-0.25, -0.2) is 8.78 Å². The van der Waals surface area contributed by atoms with Gasteiger partial charge in [0.2, 0.25) is 5.91 Å². The van der Waals surface area contributed by atoms with Crippen molar-refractivity contribution in [2.75, 3.05) is 19.8 Å². The highest BCUT2D eigenvalue weighted by Gasteiger charge is 2.30. The van der Waals surface area contributed by atoms with Crippen molar-refractivity contribution >= 4 is 5.91 Å². The molecule has 0 bridgehead atoms. The lowest BCUT2D eigenvalue weighted by Gasteiger charge is -2.28. The zero-order chi connectivity index (χ0) is 14.5. The Kier molecular flexibility index (Phi) is 5.34. The molecule has 1 rings (SSSR count). The number of amides is 1. The van der Waals surface area contributed by atoms with Crippen LogP contribution in [-0.4, -0.2) is 46.6 Å². The molecule has 7 heteroatoms. The standard InChI is InChI=1S/C12H15F2NO4/c13-9-3-1-2-8(11(9)14)4-10(19)15-12(5-16,6-17)7-18/h1-3,16-18H,4-7H2,(H,15,19). The van der Waals surface area contributed by atoms with E-state index in [9.17, 15) is 13.6 Å². The lowest BCUT2D eigenvalue weighted by Crippen LogP contribution is -2.57. The molecule has 0 saturated carbocycles. The average molecular weight is 275 g/mol. The lowest BCUT2D eigenvalue weighted by molar-refractivity contribution is -0.124. The van der Waals surface area contributed by atoms with Crippen LogP contribution in [0.5, 0.6) is 0 Å². The highest BCUT2D eigenvalue weighted by molar-refractivity contribution is 5.79. The number of rotatable bonds is 6. The molecule has 1 aromatic rings. The summed E-state index contributed by atoms with van der Waals surface area (Å²) < 4.78 is 26.3. The van der Waals surface area contributed by atoms with Gasteiger partial charge in [-0.05, 0) is 6.07 Å². The normalized spacial score (nSPS) is 11.4. The molecule has 0 fully saturated rings. The van der Waals surface area contributed by atoms with Crippen LogP contribution >= 0.6 is 0 Å². The molecule has 0 unspecified atom stereocenters. The Morgan fingerprint density at radius 2 is 1.74 bits per heavy atom. The number of benzene rings is 1. The summed E-state index contributed by atoms with van der Waals surface area (Å²) in [6, 6.07) is 3.44. The lowest BCUT2D eigenvalue weighted by atomic mass is 10.0. The Balaban J connectivity index is 2.78. The fourth-order valence-corrected chi connectivity index (χ4v) is 1.47. The summed E-state index contributed by atoms with van der Waals surface area (Å²) in [6.45, 7) is -2.05. The molecule has 0 heterocycles. The Morgan fingerprint density at radius 1 is 1.16 bits per heavy atom. The topological polar surface area (TPSA) is 89.8 Å². The maximum atomic E-state index is 13.3. The van der Waals surface area contributed by atoms with Crippen molar-refractivity contribution < 1.29 is 28.9 Å². The number of aliphatic hydroxyl groups is 3. The Hall–Kier alpha value is -1.57. The highest BCUT2D eigenvalue weighted by Crippen LogP contribution is 2.12. The summed E-state index contributed by atoms with van der Waals surface area (Å²) >= 11 is 0. The van der Waals surface area contributed by atoms with Crippen LogP contribution in [0, 0.1) is 11.6 Å². The molecule has 0 aliphatic carbocycles. The van der Waals surface area contributed by atoms with Gasteiger partial charge in [-0.2, -0.15) is 0 Å². The van der Waals surface area contributed by atoms with Gasteiger partial charge in [0, 0.05) is 5.56 Å². The quantitative estimate of drug-likeness (QED) is 0.555. The molecule has 0 spiro atoms. The van der Waals surface area contributed by atoms with Crippen LogP contribution in [-0.2, 0) is 11.2 Å². The molecule has 0 aliphatic rings. The van der Waals surface area contributed by atoms with Crippen molar-refractivity contribution in [3.05, 3.63) is 35.4 Å². The summed E-state index contributed by atoms with van der Waals surface area (Å²) in [5.41, 5.74) is -1.74. The monoisotopic (exact) mass is 275 g/mol. The van der Waals surface area contributed by atoms with E-state index >= 15 is 0 Å². The van der Waals surface area contributed by atoms with Gasteiger partial charge in [0.25, 0.3) is 0 Å². The van der Waals surface area contributed by atoms with Gasteiger partial charge < -0.3 is 20.6 Å². The van der Waals surface area contributed by atoms with E-state index in [1.807, 2.05) is 0 Å². The Morgan fingerprint density at radius 3 is 2.26 bits per heavy atom. The maximum Gasteiger partial charge on any atom is 0.225 e. The predicted molar refractivity (Wildman–Crippen MR) is 62.2 cm³/mol. The third-order valence-electron chi connectivity index (χ3n) is 2.70. The second kappa shape index (κ2) is 6.55. The number of hydrogen-bond acceptors (Lipinski definition) is 4. The molecule has 19 heavy (non-hydrogen) atoms. The number of aliphatic hydroxyl groups excluding tert-OH is 3. The van der Waals surface area contributed by atoms with Crippen LogP contribution in [0.3, 0.4) is 0 Å². The summed E-state index contributed by atoms with van der Waals surface area (Å²) in [5.74, 6) is -2.94. The van der Waals surface area contributed by atoms with E-state index in [4.69, 9.17) is 15.3 Å². The third-order valence-corrected chi connectivity index (χ3v) is 2.70. The summed E-state index contributed by atoms with van der Waals surface area (Å²) in [6.07, 6.45) is -0.467. The molecule has 0 aliphatic heterocycles. The molecule has 0 aromatic heterocycles. The minimum atomic E-state index is -1.58. The number of hydrogen-bond donors (Lipinski definition) is 4. The average Bonchev–Trinajstić information content (AvgIpc) is 2.41. The van der Waals surface area contributed by atoms with Gasteiger partial charge in [0.1, 0.15) is 5.54 Å². The largest absolute Gasteiger partial charge is 0.394 e. The summed E-state index contributed by atoms with van der Waals surface area (Å²) in [5, 5.41) is 29.3. The first-order valence-corrected chi connectivity index (χ1v) is 5.54. The van der Waals surface area contributed by atoms with Crippen LogP contribution in [0.15, 0.2) is 18.2 Å². The van der Waals surface area contributed by atoms with E-state index in [0.717, 1.165) is 6.07 Å². The molecule has 1 aromatic carbocycles. The Labute approximate surface area is 108 Å². The van der Waals surface area contributed by atoms with Crippen LogP contribution in [0.1, 0.15) is 5.56 Å². The van der Waals surface area contributed by atoms with Crippen molar-refractivity contribution in [2.24, 2.45) is 0 Å². The van der Waals surface area contributed by atoms with Crippen molar-refractivity contribution in [2.45, 2.75) is 12.0 Å². The van der Waals surface area contributed by atoms with Gasteiger partial charge in [0.15, 0.2) is 11.6 Å². The molecule has 0 saturated heterocycles. The molecule has 5 nitrogen and oxygen atoms in total. The summed E-state index contributed by atoms with van der Waals surface area (Å²) in [7, 11) is 0. The van der Waals surface area contributed by atoms with Crippen molar-refractivity contribution in [1.29, 1.82) is 0 Å². The van der Waals surface area contributed by atoms with Gasteiger partial charge in [-0.1, -0.05) is 12.1 Å². The fraction of sp³-hybridized carbons (Fsp3) is 0.417. The molecular weight excluding hydrogens is 260 g/mol. The van der Waals surface area contributed by atoms with Crippen LogP contribution in [0.2, 0.25) is 0 Å². The van der Waals surface area contributed by atoms with Gasteiger partial charge >= 0.3 is 0 Å². The highest BCUT2D eigenvalue weighted by atomic mass is 19.2. The molecule has 4 N–H and O–H groups in total. The zero-order valence-corrected chi connectivity index (χ0v) is 10.1. The molecule has 0 radical (unpaired) electrons. The second-order valence-electron chi connectivity index (χ2n) is 4.19. The molecular formula is C12H15F2NO4. The van der Waals surface area contributed by atoms with E-state index in [1.165, 1.54) is 12.1 Å². The SMILES string of the molecule is O=C(Cc1cccc(F)c1F)NC(CO)(CO)CO. The number of halogens is 2. The Bertz CT molecular complexity index is 441. The van der Waals surface area contributed by atoms with Gasteiger partial charge in [-0.3, -0.25) is 4.79 Å². The zero-order valence-electron chi connectivity index (χ0n) is 10.1. The van der Waals surface area contributed by atoms with E-state index in [0.29, 0.717) is 0 Å². The minimum Gasteiger partial charge on any atom is -0.394 e. The van der Waals surface area contributed by atoms with Gasteiger partial charge in [0.05, 0.1) is 26.2 Å². The van der Waals surface area contributed by atoms with Crippen LogP contribution in [0.4, 0.5) is 8.78 Å². The van der Waals surface area contributed by atoms with Crippen LogP contribution < -0.4 is 5.32 Å². The number of carbonyl (C=O) groups excluding carboxylic acids is 1. The predicted octanol–water partition coefficient (Wildman–Crippen LogP) is -0.661. The third kappa shape index (κ3) is 3.69. The van der Waals surface area contributed by atoms with Crippen LogP contribution in [0.25, 0.3) is 0 Å². The van der Waals surface area contributed by atoms with Crippen molar-refractivity contribution in [3.63, 3.8) is 0 Å². The molecule has 1 amide bonds. The van der Waals surface area contributed by atoms with E-state index in [-0.39, 0.29) is 5.56 Å². The number of nitrogens with one attached hydrogen (secondary N) is 1. The first kappa shape index (κ1) is 15.5. The maximum absolute atomic E-state index is 13.3. The fourth-order valence-electron chi connectivity index (χ4n) is 1.47. The van der Waals surface area contributed by atoms with E-state index in [1.54, 1.807) is 0 Å². The molecule has 0 atom stereocenters. The first-order valence-electron chi connectivity index (χ1n) is 5.54. The van der Waals surface area contributed by atoms with E-state index in [2.05, 4.69) is 5.32 Å². The van der Waals surface area contributed by atoms with Crippen molar-refractivity contribution in [3.8, 4) is 0 Å². The van der Waals surface area contributed by atoms with E-state index < -0.39 is 49.3 Å². The summed E-state index contributed by atoms with van der Waals surface area (Å²) in [4.78, 5) is 11.6.